The summed E-state index contributed by atoms with van der Waals surface area (Å²) in [5.74, 6) is 0. The SMILES string of the molecule is Cc1ccc(C)c(CN2CCC(N)CC2C)c1. The molecule has 0 saturated carbocycles. The second-order valence-corrected chi connectivity index (χ2v) is 5.53. The first kappa shape index (κ1) is 12.6. The third-order valence-corrected chi connectivity index (χ3v) is 3.93. The van der Waals surface area contributed by atoms with Crippen LogP contribution in [-0.2, 0) is 6.54 Å². The highest BCUT2D eigenvalue weighted by atomic mass is 15.2. The molecule has 1 aliphatic heterocycles. The Morgan fingerprint density at radius 2 is 2.12 bits per heavy atom. The summed E-state index contributed by atoms with van der Waals surface area (Å²) >= 11 is 0. The molecule has 2 heteroatoms. The molecular weight excluding hydrogens is 208 g/mol. The third-order valence-electron chi connectivity index (χ3n) is 3.93. The predicted octanol–water partition coefficient (Wildman–Crippen LogP) is 2.62. The van der Waals surface area contributed by atoms with Crippen molar-refractivity contribution in [3.8, 4) is 0 Å². The van der Waals surface area contributed by atoms with Gasteiger partial charge in [-0.1, -0.05) is 23.8 Å². The molecule has 2 rings (SSSR count). The molecule has 1 aromatic rings. The zero-order valence-corrected chi connectivity index (χ0v) is 11.2. The number of aryl methyl sites for hydroxylation is 2. The second kappa shape index (κ2) is 5.19. The Hall–Kier alpha value is -0.860. The van der Waals surface area contributed by atoms with E-state index < -0.39 is 0 Å². The number of likely N-dealkylation sites (tertiary alicyclic amines) is 1. The summed E-state index contributed by atoms with van der Waals surface area (Å²) in [6.45, 7) is 8.87. The standard InChI is InChI=1S/C15H24N2/c1-11-4-5-12(2)14(8-11)10-17-7-6-15(16)9-13(17)3/h4-5,8,13,15H,6-7,9-10,16H2,1-3H3. The van der Waals surface area contributed by atoms with Crippen LogP contribution in [-0.4, -0.2) is 23.5 Å². The highest BCUT2D eigenvalue weighted by molar-refractivity contribution is 5.30. The van der Waals surface area contributed by atoms with E-state index in [2.05, 4.69) is 43.9 Å². The van der Waals surface area contributed by atoms with Gasteiger partial charge in [0.1, 0.15) is 0 Å². The van der Waals surface area contributed by atoms with Gasteiger partial charge in [0.2, 0.25) is 0 Å². The van der Waals surface area contributed by atoms with Gasteiger partial charge < -0.3 is 5.73 Å². The van der Waals surface area contributed by atoms with Crippen molar-refractivity contribution < 1.29 is 0 Å². The molecule has 1 aromatic carbocycles. The minimum absolute atomic E-state index is 0.403. The second-order valence-electron chi connectivity index (χ2n) is 5.53. The minimum atomic E-state index is 0.403. The summed E-state index contributed by atoms with van der Waals surface area (Å²) in [6.07, 6.45) is 2.26. The van der Waals surface area contributed by atoms with Crippen LogP contribution in [0.5, 0.6) is 0 Å². The fraction of sp³-hybridized carbons (Fsp3) is 0.600. The van der Waals surface area contributed by atoms with E-state index in [1.54, 1.807) is 0 Å². The van der Waals surface area contributed by atoms with E-state index in [-0.39, 0.29) is 0 Å². The van der Waals surface area contributed by atoms with Gasteiger partial charge in [0.25, 0.3) is 0 Å². The summed E-state index contributed by atoms with van der Waals surface area (Å²) in [5.41, 5.74) is 10.2. The minimum Gasteiger partial charge on any atom is -0.328 e. The lowest BCUT2D eigenvalue weighted by molar-refractivity contribution is 0.140. The monoisotopic (exact) mass is 232 g/mol. The topological polar surface area (TPSA) is 29.3 Å². The van der Waals surface area contributed by atoms with Gasteiger partial charge in [-0.15, -0.1) is 0 Å². The first-order chi connectivity index (χ1) is 8.06. The van der Waals surface area contributed by atoms with Crippen LogP contribution in [0.1, 0.15) is 36.5 Å². The highest BCUT2D eigenvalue weighted by Crippen LogP contribution is 2.20. The lowest BCUT2D eigenvalue weighted by atomic mass is 9.97. The van der Waals surface area contributed by atoms with E-state index in [9.17, 15) is 0 Å². The molecule has 1 saturated heterocycles. The van der Waals surface area contributed by atoms with Crippen LogP contribution >= 0.6 is 0 Å². The first-order valence-corrected chi connectivity index (χ1v) is 6.62. The average molecular weight is 232 g/mol. The fourth-order valence-corrected chi connectivity index (χ4v) is 2.68. The van der Waals surface area contributed by atoms with Gasteiger partial charge in [0, 0.05) is 25.2 Å². The summed E-state index contributed by atoms with van der Waals surface area (Å²) in [7, 11) is 0. The van der Waals surface area contributed by atoms with Crippen LogP contribution in [0.4, 0.5) is 0 Å². The maximum absolute atomic E-state index is 6.01. The number of nitrogens with two attached hydrogens (primary N) is 1. The Bertz CT molecular complexity index is 387. The van der Waals surface area contributed by atoms with Crippen LogP contribution in [0.2, 0.25) is 0 Å². The number of nitrogens with zero attached hydrogens (tertiary/aromatic N) is 1. The van der Waals surface area contributed by atoms with Crippen molar-refractivity contribution in [1.29, 1.82) is 0 Å². The predicted molar refractivity (Wildman–Crippen MR) is 73.0 cm³/mol. The molecule has 0 aromatic heterocycles. The van der Waals surface area contributed by atoms with Crippen molar-refractivity contribution in [3.05, 3.63) is 34.9 Å². The van der Waals surface area contributed by atoms with Crippen molar-refractivity contribution in [3.63, 3.8) is 0 Å². The molecule has 2 N–H and O–H groups in total. The summed E-state index contributed by atoms with van der Waals surface area (Å²) < 4.78 is 0. The zero-order valence-electron chi connectivity index (χ0n) is 11.2. The Labute approximate surface area is 105 Å². The normalized spacial score (nSPS) is 26.1. The van der Waals surface area contributed by atoms with Gasteiger partial charge in [-0.25, -0.2) is 0 Å². The Morgan fingerprint density at radius 3 is 2.82 bits per heavy atom. The lowest BCUT2D eigenvalue weighted by Crippen LogP contribution is -2.45. The van der Waals surface area contributed by atoms with Crippen LogP contribution < -0.4 is 5.73 Å². The van der Waals surface area contributed by atoms with E-state index in [1.165, 1.54) is 16.7 Å². The number of hydrogen-bond donors (Lipinski definition) is 1. The smallest absolute Gasteiger partial charge is 0.0239 e. The summed E-state index contributed by atoms with van der Waals surface area (Å²) in [4.78, 5) is 2.56. The zero-order chi connectivity index (χ0) is 12.4. The Balaban J connectivity index is 2.07. The maximum atomic E-state index is 6.01. The van der Waals surface area contributed by atoms with E-state index in [0.29, 0.717) is 12.1 Å². The molecule has 0 bridgehead atoms. The molecule has 94 valence electrons. The van der Waals surface area contributed by atoms with Crippen molar-refractivity contribution >= 4 is 0 Å². The van der Waals surface area contributed by atoms with Gasteiger partial charge in [-0.05, 0) is 44.7 Å². The van der Waals surface area contributed by atoms with Gasteiger partial charge in [0.15, 0.2) is 0 Å². The molecule has 2 nitrogen and oxygen atoms in total. The van der Waals surface area contributed by atoms with Gasteiger partial charge in [0.05, 0.1) is 0 Å². The molecule has 2 atom stereocenters. The van der Waals surface area contributed by atoms with E-state index in [0.717, 1.165) is 25.9 Å². The van der Waals surface area contributed by atoms with Crippen LogP contribution in [0.15, 0.2) is 18.2 Å². The Morgan fingerprint density at radius 1 is 1.35 bits per heavy atom. The molecule has 0 radical (unpaired) electrons. The maximum Gasteiger partial charge on any atom is 0.0239 e. The van der Waals surface area contributed by atoms with Crippen LogP contribution in [0.25, 0.3) is 0 Å². The van der Waals surface area contributed by atoms with Crippen molar-refractivity contribution in [1.82, 2.24) is 4.90 Å². The molecule has 1 fully saturated rings. The van der Waals surface area contributed by atoms with Crippen LogP contribution in [0.3, 0.4) is 0 Å². The lowest BCUT2D eigenvalue weighted by Gasteiger charge is -2.36. The van der Waals surface area contributed by atoms with Crippen molar-refractivity contribution in [2.75, 3.05) is 6.54 Å². The molecule has 1 heterocycles. The number of hydrogen-bond acceptors (Lipinski definition) is 2. The summed E-state index contributed by atoms with van der Waals surface area (Å²) in [5, 5.41) is 0. The molecule has 17 heavy (non-hydrogen) atoms. The van der Waals surface area contributed by atoms with Crippen molar-refractivity contribution in [2.45, 2.75) is 52.2 Å². The fourth-order valence-electron chi connectivity index (χ4n) is 2.68. The average Bonchev–Trinajstić information content (AvgIpc) is 2.27. The van der Waals surface area contributed by atoms with Gasteiger partial charge in [-0.2, -0.15) is 0 Å². The van der Waals surface area contributed by atoms with E-state index in [1.807, 2.05) is 0 Å². The molecule has 2 unspecified atom stereocenters. The molecule has 0 aliphatic carbocycles. The summed E-state index contributed by atoms with van der Waals surface area (Å²) in [6, 6.07) is 7.74. The molecular formula is C15H24N2. The molecule has 0 spiro atoms. The molecule has 0 amide bonds. The number of piperidine rings is 1. The highest BCUT2D eigenvalue weighted by Gasteiger charge is 2.23. The first-order valence-electron chi connectivity index (χ1n) is 6.62. The quantitative estimate of drug-likeness (QED) is 0.849. The van der Waals surface area contributed by atoms with Crippen LogP contribution in [0, 0.1) is 13.8 Å². The number of rotatable bonds is 2. The molecule has 1 aliphatic rings. The number of benzene rings is 1. The van der Waals surface area contributed by atoms with Crippen molar-refractivity contribution in [2.24, 2.45) is 5.73 Å². The van der Waals surface area contributed by atoms with Gasteiger partial charge >= 0.3 is 0 Å². The Kier molecular flexibility index (Phi) is 3.85. The van der Waals surface area contributed by atoms with Gasteiger partial charge in [-0.3, -0.25) is 4.90 Å². The third kappa shape index (κ3) is 3.08. The van der Waals surface area contributed by atoms with E-state index >= 15 is 0 Å². The van der Waals surface area contributed by atoms with E-state index in [4.69, 9.17) is 5.73 Å². The largest absolute Gasteiger partial charge is 0.328 e.